The standard InChI is InChI=1S/C24H27NO5/c1-15-6-4-5-11-25(15)13-18-20(26)9-8-17-23(27)19(14-30-24(17)18)16-7-10-21(28-2)22(12-16)29-3/h7-10,12,14-15,26H,4-6,11,13H2,1-3H3/t15-/m1/s1. The van der Waals surface area contributed by atoms with Crippen LogP contribution in [-0.2, 0) is 6.54 Å². The van der Waals surface area contributed by atoms with Crippen LogP contribution in [-0.4, -0.2) is 36.8 Å². The van der Waals surface area contributed by atoms with E-state index < -0.39 is 0 Å². The highest BCUT2D eigenvalue weighted by atomic mass is 16.5. The van der Waals surface area contributed by atoms with E-state index in [2.05, 4.69) is 11.8 Å². The van der Waals surface area contributed by atoms with E-state index in [9.17, 15) is 9.90 Å². The molecule has 6 heteroatoms. The van der Waals surface area contributed by atoms with Crippen LogP contribution < -0.4 is 14.9 Å². The molecule has 1 fully saturated rings. The number of likely N-dealkylation sites (tertiary alicyclic amines) is 1. The summed E-state index contributed by atoms with van der Waals surface area (Å²) in [5.74, 6) is 1.29. The van der Waals surface area contributed by atoms with E-state index in [1.54, 1.807) is 44.6 Å². The first-order valence-electron chi connectivity index (χ1n) is 10.3. The molecule has 0 bridgehead atoms. The van der Waals surface area contributed by atoms with Crippen molar-refractivity contribution >= 4 is 11.0 Å². The quantitative estimate of drug-likeness (QED) is 0.666. The van der Waals surface area contributed by atoms with Crippen LogP contribution in [0.2, 0.25) is 0 Å². The van der Waals surface area contributed by atoms with Crippen LogP contribution >= 0.6 is 0 Å². The Balaban J connectivity index is 1.79. The summed E-state index contributed by atoms with van der Waals surface area (Å²) >= 11 is 0. The second-order valence-corrected chi connectivity index (χ2v) is 7.80. The molecule has 1 atom stereocenters. The van der Waals surface area contributed by atoms with Crippen LogP contribution in [0.15, 0.2) is 45.8 Å². The highest BCUT2D eigenvalue weighted by molar-refractivity contribution is 5.85. The van der Waals surface area contributed by atoms with Crippen molar-refractivity contribution in [3.63, 3.8) is 0 Å². The van der Waals surface area contributed by atoms with Gasteiger partial charge in [-0.05, 0) is 56.1 Å². The minimum absolute atomic E-state index is 0.142. The van der Waals surface area contributed by atoms with Crippen molar-refractivity contribution in [1.82, 2.24) is 4.90 Å². The summed E-state index contributed by atoms with van der Waals surface area (Å²) in [5.41, 5.74) is 2.09. The smallest absolute Gasteiger partial charge is 0.200 e. The summed E-state index contributed by atoms with van der Waals surface area (Å²) in [6.07, 6.45) is 4.97. The largest absolute Gasteiger partial charge is 0.507 e. The van der Waals surface area contributed by atoms with Crippen LogP contribution in [0, 0.1) is 0 Å². The first kappa shape index (κ1) is 20.3. The Morgan fingerprint density at radius 1 is 1.13 bits per heavy atom. The topological polar surface area (TPSA) is 72.1 Å². The Morgan fingerprint density at radius 2 is 1.93 bits per heavy atom. The third kappa shape index (κ3) is 3.63. The molecule has 1 aliphatic rings. The first-order chi connectivity index (χ1) is 14.5. The van der Waals surface area contributed by atoms with Crippen LogP contribution in [0.5, 0.6) is 17.2 Å². The SMILES string of the molecule is COc1ccc(-c2coc3c(CN4CCCC[C@H]4C)c(O)ccc3c2=O)cc1OC. The number of nitrogens with zero attached hydrogens (tertiary/aromatic N) is 1. The zero-order chi connectivity index (χ0) is 21.3. The summed E-state index contributed by atoms with van der Waals surface area (Å²) in [7, 11) is 3.13. The van der Waals surface area contributed by atoms with E-state index >= 15 is 0 Å². The number of rotatable bonds is 5. The van der Waals surface area contributed by atoms with Crippen LogP contribution in [0.1, 0.15) is 31.7 Å². The Kier molecular flexibility index (Phi) is 5.68. The highest BCUT2D eigenvalue weighted by Crippen LogP contribution is 2.34. The maximum Gasteiger partial charge on any atom is 0.200 e. The van der Waals surface area contributed by atoms with Gasteiger partial charge in [-0.15, -0.1) is 0 Å². The summed E-state index contributed by atoms with van der Waals surface area (Å²) in [4.78, 5) is 15.6. The molecule has 4 rings (SSSR count). The fraction of sp³-hybridized carbons (Fsp3) is 0.375. The second-order valence-electron chi connectivity index (χ2n) is 7.80. The van der Waals surface area contributed by atoms with Gasteiger partial charge in [0, 0.05) is 12.6 Å². The van der Waals surface area contributed by atoms with Crippen LogP contribution in [0.25, 0.3) is 22.1 Å². The lowest BCUT2D eigenvalue weighted by atomic mass is 10.0. The lowest BCUT2D eigenvalue weighted by Crippen LogP contribution is -2.36. The first-order valence-corrected chi connectivity index (χ1v) is 10.3. The lowest BCUT2D eigenvalue weighted by molar-refractivity contribution is 0.151. The number of phenolic OH excluding ortho intramolecular Hbond substituents is 1. The van der Waals surface area contributed by atoms with E-state index in [1.165, 1.54) is 12.7 Å². The number of piperidine rings is 1. The van der Waals surface area contributed by atoms with Crippen molar-refractivity contribution < 1.29 is 19.0 Å². The van der Waals surface area contributed by atoms with Gasteiger partial charge in [-0.2, -0.15) is 0 Å². The van der Waals surface area contributed by atoms with E-state index in [0.29, 0.717) is 51.7 Å². The molecule has 2 aromatic carbocycles. The summed E-state index contributed by atoms with van der Waals surface area (Å²) in [6.45, 7) is 3.74. The van der Waals surface area contributed by atoms with Crippen molar-refractivity contribution in [1.29, 1.82) is 0 Å². The molecule has 1 N–H and O–H groups in total. The van der Waals surface area contributed by atoms with Crippen molar-refractivity contribution in [2.24, 2.45) is 0 Å². The lowest BCUT2D eigenvalue weighted by Gasteiger charge is -2.33. The number of fused-ring (bicyclic) bond motifs is 1. The molecule has 6 nitrogen and oxygen atoms in total. The second kappa shape index (κ2) is 8.40. The maximum atomic E-state index is 13.3. The average molecular weight is 409 g/mol. The number of hydrogen-bond acceptors (Lipinski definition) is 6. The number of ether oxygens (including phenoxy) is 2. The van der Waals surface area contributed by atoms with E-state index in [1.807, 2.05) is 0 Å². The molecule has 0 saturated carbocycles. The van der Waals surface area contributed by atoms with Gasteiger partial charge in [-0.25, -0.2) is 0 Å². The molecular formula is C24H27NO5. The summed E-state index contributed by atoms with van der Waals surface area (Å²) in [5, 5.41) is 11.0. The highest BCUT2D eigenvalue weighted by Gasteiger charge is 2.22. The normalized spacial score (nSPS) is 17.2. The van der Waals surface area contributed by atoms with E-state index in [-0.39, 0.29) is 11.2 Å². The molecule has 0 unspecified atom stereocenters. The third-order valence-electron chi connectivity index (χ3n) is 6.02. The van der Waals surface area contributed by atoms with Gasteiger partial charge in [0.15, 0.2) is 11.5 Å². The Bertz CT molecular complexity index is 1120. The predicted octanol–water partition coefficient (Wildman–Crippen LogP) is 4.56. The predicted molar refractivity (Wildman–Crippen MR) is 116 cm³/mol. The maximum absolute atomic E-state index is 13.3. The molecule has 3 aromatic rings. The van der Waals surface area contributed by atoms with Crippen molar-refractivity contribution in [2.45, 2.75) is 38.8 Å². The molecule has 2 heterocycles. The van der Waals surface area contributed by atoms with E-state index in [4.69, 9.17) is 13.9 Å². The van der Waals surface area contributed by atoms with Crippen molar-refractivity contribution in [2.75, 3.05) is 20.8 Å². The van der Waals surface area contributed by atoms with Gasteiger partial charge in [0.2, 0.25) is 5.43 Å². The minimum Gasteiger partial charge on any atom is -0.507 e. The van der Waals surface area contributed by atoms with Crippen molar-refractivity contribution in [3.05, 3.63) is 52.4 Å². The minimum atomic E-state index is -0.142. The molecular weight excluding hydrogens is 382 g/mol. The number of aromatic hydroxyl groups is 1. The molecule has 158 valence electrons. The van der Waals surface area contributed by atoms with Gasteiger partial charge in [-0.3, -0.25) is 9.69 Å². The molecule has 1 aliphatic heterocycles. The monoisotopic (exact) mass is 409 g/mol. The van der Waals surface area contributed by atoms with E-state index in [0.717, 1.165) is 19.4 Å². The molecule has 0 spiro atoms. The fourth-order valence-corrected chi connectivity index (χ4v) is 4.20. The number of benzene rings is 2. The molecule has 0 amide bonds. The molecule has 0 radical (unpaired) electrons. The average Bonchev–Trinajstić information content (AvgIpc) is 2.76. The molecule has 0 aliphatic carbocycles. The zero-order valence-corrected chi connectivity index (χ0v) is 17.6. The number of methoxy groups -OCH3 is 2. The Hall–Kier alpha value is -2.99. The van der Waals surface area contributed by atoms with Crippen LogP contribution in [0.3, 0.4) is 0 Å². The number of hydrogen-bond donors (Lipinski definition) is 1. The van der Waals surface area contributed by atoms with Gasteiger partial charge < -0.3 is 19.0 Å². The molecule has 30 heavy (non-hydrogen) atoms. The van der Waals surface area contributed by atoms with Gasteiger partial charge in [-0.1, -0.05) is 12.5 Å². The van der Waals surface area contributed by atoms with Gasteiger partial charge in [0.1, 0.15) is 17.6 Å². The summed E-state index contributed by atoms with van der Waals surface area (Å²) in [6, 6.07) is 8.97. The molecule has 1 aromatic heterocycles. The van der Waals surface area contributed by atoms with Gasteiger partial charge in [0.05, 0.1) is 30.7 Å². The fourth-order valence-electron chi connectivity index (χ4n) is 4.20. The third-order valence-corrected chi connectivity index (χ3v) is 6.02. The molecule has 1 saturated heterocycles. The van der Waals surface area contributed by atoms with Gasteiger partial charge in [0.25, 0.3) is 0 Å². The summed E-state index contributed by atoms with van der Waals surface area (Å²) < 4.78 is 16.6. The van der Waals surface area contributed by atoms with Crippen molar-refractivity contribution in [3.8, 4) is 28.4 Å². The van der Waals surface area contributed by atoms with Gasteiger partial charge >= 0.3 is 0 Å². The zero-order valence-electron chi connectivity index (χ0n) is 17.6. The van der Waals surface area contributed by atoms with Crippen LogP contribution in [0.4, 0.5) is 0 Å². The Morgan fingerprint density at radius 3 is 2.67 bits per heavy atom. The Labute approximate surface area is 175 Å². The number of phenols is 1.